The Labute approximate surface area is 183 Å². The van der Waals surface area contributed by atoms with E-state index in [2.05, 4.69) is 15.8 Å². The van der Waals surface area contributed by atoms with Crippen LogP contribution in [0.4, 0.5) is 5.69 Å². The van der Waals surface area contributed by atoms with Crippen LogP contribution in [0.3, 0.4) is 0 Å². The van der Waals surface area contributed by atoms with E-state index in [0.29, 0.717) is 27.9 Å². The number of rotatable bonds is 7. The second kappa shape index (κ2) is 9.13. The molecule has 0 radical (unpaired) electrons. The number of fused-ring (bicyclic) bond motifs is 1. The monoisotopic (exact) mass is 428 g/mol. The maximum atomic E-state index is 13.0. The van der Waals surface area contributed by atoms with E-state index in [4.69, 9.17) is 10.3 Å². The molecule has 0 saturated carbocycles. The zero-order chi connectivity index (χ0) is 22.5. The molecule has 8 heteroatoms. The third-order valence-electron chi connectivity index (χ3n) is 4.85. The lowest BCUT2D eigenvalue weighted by molar-refractivity contribution is -0.117. The van der Waals surface area contributed by atoms with Crippen LogP contribution in [-0.4, -0.2) is 29.4 Å². The van der Waals surface area contributed by atoms with Crippen LogP contribution >= 0.6 is 0 Å². The summed E-state index contributed by atoms with van der Waals surface area (Å²) in [6, 6.07) is 21.2. The summed E-state index contributed by atoms with van der Waals surface area (Å²) in [5.41, 5.74) is 7.60. The van der Waals surface area contributed by atoms with Gasteiger partial charge in [0.1, 0.15) is 5.52 Å². The minimum atomic E-state index is -0.508. The van der Waals surface area contributed by atoms with E-state index < -0.39 is 11.8 Å². The SMILES string of the molecule is NC(=O)CCNC(=O)c1ccccc1NC(=O)c1ccc2noc(-c3ccccc3)c2c1. The van der Waals surface area contributed by atoms with Gasteiger partial charge in [-0.05, 0) is 30.3 Å². The van der Waals surface area contributed by atoms with Crippen molar-refractivity contribution in [3.05, 3.63) is 83.9 Å². The van der Waals surface area contributed by atoms with Crippen LogP contribution in [0, 0.1) is 0 Å². The van der Waals surface area contributed by atoms with Crippen LogP contribution < -0.4 is 16.4 Å². The first kappa shape index (κ1) is 20.8. The molecule has 0 saturated heterocycles. The van der Waals surface area contributed by atoms with Crippen LogP contribution in [0.15, 0.2) is 77.3 Å². The molecule has 4 aromatic rings. The van der Waals surface area contributed by atoms with Gasteiger partial charge in [-0.3, -0.25) is 14.4 Å². The molecule has 4 rings (SSSR count). The Morgan fingerprint density at radius 1 is 0.906 bits per heavy atom. The predicted molar refractivity (Wildman–Crippen MR) is 120 cm³/mol. The molecule has 0 spiro atoms. The lowest BCUT2D eigenvalue weighted by Gasteiger charge is -2.11. The van der Waals surface area contributed by atoms with Gasteiger partial charge in [-0.15, -0.1) is 0 Å². The van der Waals surface area contributed by atoms with Gasteiger partial charge < -0.3 is 20.9 Å². The lowest BCUT2D eigenvalue weighted by Crippen LogP contribution is -2.28. The summed E-state index contributed by atoms with van der Waals surface area (Å²) in [6.07, 6.45) is 0.0305. The van der Waals surface area contributed by atoms with Crippen molar-refractivity contribution in [3.8, 4) is 11.3 Å². The largest absolute Gasteiger partial charge is 0.370 e. The minimum absolute atomic E-state index is 0.0305. The summed E-state index contributed by atoms with van der Waals surface area (Å²) in [7, 11) is 0. The number of primary amides is 1. The number of hydrogen-bond donors (Lipinski definition) is 3. The molecule has 1 aromatic heterocycles. The zero-order valence-corrected chi connectivity index (χ0v) is 17.0. The van der Waals surface area contributed by atoms with E-state index in [1.807, 2.05) is 30.3 Å². The van der Waals surface area contributed by atoms with Crippen molar-refractivity contribution in [3.63, 3.8) is 0 Å². The molecule has 0 aliphatic carbocycles. The maximum Gasteiger partial charge on any atom is 0.255 e. The number of nitrogens with two attached hydrogens (primary N) is 1. The summed E-state index contributed by atoms with van der Waals surface area (Å²) in [4.78, 5) is 36.3. The number of nitrogens with one attached hydrogen (secondary N) is 2. The standard InChI is InChI=1S/C24H20N4O4/c25-21(29)12-13-26-24(31)17-8-4-5-9-19(17)27-23(30)16-10-11-20-18(14-16)22(32-28-20)15-6-2-1-3-7-15/h1-11,14H,12-13H2,(H2,25,29)(H,26,31)(H,27,30). The Kier molecular flexibility index (Phi) is 5.94. The Balaban J connectivity index is 1.57. The lowest BCUT2D eigenvalue weighted by atomic mass is 10.1. The number of carbonyl (C=O) groups excluding carboxylic acids is 3. The Morgan fingerprint density at radius 3 is 2.44 bits per heavy atom. The highest BCUT2D eigenvalue weighted by Gasteiger charge is 2.17. The van der Waals surface area contributed by atoms with Crippen LogP contribution in [-0.2, 0) is 4.79 Å². The van der Waals surface area contributed by atoms with E-state index in [1.54, 1.807) is 42.5 Å². The number of aromatic nitrogens is 1. The van der Waals surface area contributed by atoms with Gasteiger partial charge in [-0.2, -0.15) is 0 Å². The molecular formula is C24H20N4O4. The second-order valence-electron chi connectivity index (χ2n) is 7.08. The Bertz CT molecular complexity index is 1300. The fraction of sp³-hybridized carbons (Fsp3) is 0.0833. The molecule has 0 aliphatic rings. The van der Waals surface area contributed by atoms with Crippen molar-refractivity contribution in [2.45, 2.75) is 6.42 Å². The third kappa shape index (κ3) is 4.49. The molecule has 32 heavy (non-hydrogen) atoms. The topological polar surface area (TPSA) is 127 Å². The van der Waals surface area contributed by atoms with E-state index in [9.17, 15) is 14.4 Å². The normalized spacial score (nSPS) is 10.6. The highest BCUT2D eigenvalue weighted by Crippen LogP contribution is 2.29. The molecule has 3 amide bonds. The van der Waals surface area contributed by atoms with Gasteiger partial charge in [0.05, 0.1) is 16.6 Å². The quantitative estimate of drug-likeness (QED) is 0.416. The first-order valence-electron chi connectivity index (χ1n) is 9.94. The second-order valence-corrected chi connectivity index (χ2v) is 7.08. The number of para-hydroxylation sites is 1. The highest BCUT2D eigenvalue weighted by molar-refractivity contribution is 6.10. The van der Waals surface area contributed by atoms with Gasteiger partial charge >= 0.3 is 0 Å². The molecule has 0 atom stereocenters. The average Bonchev–Trinajstić information content (AvgIpc) is 3.23. The summed E-state index contributed by atoms with van der Waals surface area (Å²) < 4.78 is 5.49. The summed E-state index contributed by atoms with van der Waals surface area (Å²) in [5, 5.41) is 10.2. The van der Waals surface area contributed by atoms with Crippen molar-refractivity contribution in [2.24, 2.45) is 5.73 Å². The fourth-order valence-electron chi connectivity index (χ4n) is 3.26. The number of hydrogen-bond acceptors (Lipinski definition) is 5. The van der Waals surface area contributed by atoms with Crippen molar-refractivity contribution in [2.75, 3.05) is 11.9 Å². The summed E-state index contributed by atoms with van der Waals surface area (Å²) >= 11 is 0. The highest BCUT2D eigenvalue weighted by atomic mass is 16.5. The first-order valence-corrected chi connectivity index (χ1v) is 9.94. The Morgan fingerprint density at radius 2 is 1.66 bits per heavy atom. The smallest absolute Gasteiger partial charge is 0.255 e. The molecule has 0 aliphatic heterocycles. The van der Waals surface area contributed by atoms with Crippen molar-refractivity contribution in [1.29, 1.82) is 0 Å². The predicted octanol–water partition coefficient (Wildman–Crippen LogP) is 3.35. The van der Waals surface area contributed by atoms with E-state index in [1.165, 1.54) is 0 Å². The average molecular weight is 428 g/mol. The van der Waals surface area contributed by atoms with Gasteiger partial charge in [0.25, 0.3) is 11.8 Å². The minimum Gasteiger partial charge on any atom is -0.370 e. The fourth-order valence-corrected chi connectivity index (χ4v) is 3.26. The summed E-state index contributed by atoms with van der Waals surface area (Å²) in [6.45, 7) is 0.114. The third-order valence-corrected chi connectivity index (χ3v) is 4.85. The van der Waals surface area contributed by atoms with Crippen LogP contribution in [0.1, 0.15) is 27.1 Å². The zero-order valence-electron chi connectivity index (χ0n) is 17.0. The number of anilines is 1. The summed E-state index contributed by atoms with van der Waals surface area (Å²) in [5.74, 6) is -0.733. The number of carbonyl (C=O) groups is 3. The van der Waals surface area contributed by atoms with Gasteiger partial charge in [0, 0.05) is 24.1 Å². The van der Waals surface area contributed by atoms with Gasteiger partial charge in [-0.25, -0.2) is 0 Å². The Hall–Kier alpha value is -4.46. The maximum absolute atomic E-state index is 13.0. The first-order chi connectivity index (χ1) is 15.5. The van der Waals surface area contributed by atoms with Crippen LogP contribution in [0.25, 0.3) is 22.2 Å². The van der Waals surface area contributed by atoms with Crippen molar-refractivity contribution >= 4 is 34.3 Å². The molecule has 8 nitrogen and oxygen atoms in total. The van der Waals surface area contributed by atoms with Gasteiger partial charge in [0.15, 0.2) is 5.76 Å². The molecule has 160 valence electrons. The van der Waals surface area contributed by atoms with E-state index in [0.717, 1.165) is 5.56 Å². The number of benzene rings is 3. The van der Waals surface area contributed by atoms with Gasteiger partial charge in [0.2, 0.25) is 5.91 Å². The molecule has 0 fully saturated rings. The van der Waals surface area contributed by atoms with Crippen molar-refractivity contribution in [1.82, 2.24) is 10.5 Å². The molecule has 0 unspecified atom stereocenters. The van der Waals surface area contributed by atoms with E-state index >= 15 is 0 Å². The molecule has 1 heterocycles. The van der Waals surface area contributed by atoms with Crippen molar-refractivity contribution < 1.29 is 18.9 Å². The van der Waals surface area contributed by atoms with Crippen LogP contribution in [0.2, 0.25) is 0 Å². The molecule has 3 aromatic carbocycles. The number of nitrogens with zero attached hydrogens (tertiary/aromatic N) is 1. The van der Waals surface area contributed by atoms with Gasteiger partial charge in [-0.1, -0.05) is 47.6 Å². The molecular weight excluding hydrogens is 408 g/mol. The number of amides is 3. The van der Waals surface area contributed by atoms with Crippen LogP contribution in [0.5, 0.6) is 0 Å². The van der Waals surface area contributed by atoms with E-state index in [-0.39, 0.29) is 24.4 Å². The molecule has 0 bridgehead atoms. The molecule has 4 N–H and O–H groups in total.